The first kappa shape index (κ1) is 12.5. The maximum absolute atomic E-state index is 12.2. The van der Waals surface area contributed by atoms with Crippen molar-refractivity contribution in [1.29, 1.82) is 0 Å². The molecule has 0 aliphatic rings. The van der Waals surface area contributed by atoms with Crippen molar-refractivity contribution in [3.8, 4) is 0 Å². The molecule has 0 fully saturated rings. The molecule has 20 heavy (non-hydrogen) atoms. The van der Waals surface area contributed by atoms with Gasteiger partial charge in [-0.15, -0.1) is 0 Å². The van der Waals surface area contributed by atoms with Gasteiger partial charge in [0.05, 0.1) is 5.56 Å². The Morgan fingerprint density at radius 2 is 2.00 bits per heavy atom. The van der Waals surface area contributed by atoms with E-state index in [4.69, 9.17) is 0 Å². The van der Waals surface area contributed by atoms with Gasteiger partial charge in [0.2, 0.25) is 0 Å². The number of carbonyl (C=O) groups excluding carboxylic acids is 1. The zero-order valence-electron chi connectivity index (χ0n) is 11.3. The lowest BCUT2D eigenvalue weighted by molar-refractivity contribution is 0.0952. The van der Waals surface area contributed by atoms with Crippen LogP contribution in [0.3, 0.4) is 0 Å². The van der Waals surface area contributed by atoms with Crippen molar-refractivity contribution in [1.82, 2.24) is 10.3 Å². The van der Waals surface area contributed by atoms with Crippen molar-refractivity contribution < 1.29 is 4.79 Å². The second-order valence-electron chi connectivity index (χ2n) is 4.92. The first-order chi connectivity index (χ1) is 9.74. The standard InChI is InChI=1S/C17H16N2O/c1-12-5-4-6-13(9-12)10-19-17(20)15-11-18-16-8-3-2-7-14(15)16/h2-9,11,18H,10H2,1H3,(H,19,20). The molecule has 0 bridgehead atoms. The van der Waals surface area contributed by atoms with Crippen molar-refractivity contribution in [3.05, 3.63) is 71.4 Å². The van der Waals surface area contributed by atoms with Crippen LogP contribution in [0, 0.1) is 6.92 Å². The molecule has 3 rings (SSSR count). The zero-order valence-corrected chi connectivity index (χ0v) is 11.3. The third-order valence-electron chi connectivity index (χ3n) is 3.37. The molecule has 3 aromatic rings. The fraction of sp³-hybridized carbons (Fsp3) is 0.118. The summed E-state index contributed by atoms with van der Waals surface area (Å²) in [6.45, 7) is 2.59. The number of carbonyl (C=O) groups is 1. The van der Waals surface area contributed by atoms with Crippen molar-refractivity contribution in [2.24, 2.45) is 0 Å². The second-order valence-corrected chi connectivity index (χ2v) is 4.92. The predicted molar refractivity (Wildman–Crippen MR) is 80.6 cm³/mol. The van der Waals surface area contributed by atoms with Gasteiger partial charge >= 0.3 is 0 Å². The van der Waals surface area contributed by atoms with E-state index < -0.39 is 0 Å². The maximum Gasteiger partial charge on any atom is 0.253 e. The summed E-state index contributed by atoms with van der Waals surface area (Å²) in [4.78, 5) is 15.4. The Bertz CT molecular complexity index is 758. The number of rotatable bonds is 3. The lowest BCUT2D eigenvalue weighted by Gasteiger charge is -2.05. The van der Waals surface area contributed by atoms with Crippen LogP contribution in [0.5, 0.6) is 0 Å². The van der Waals surface area contributed by atoms with Crippen molar-refractivity contribution in [2.75, 3.05) is 0 Å². The number of aromatic nitrogens is 1. The molecular formula is C17H16N2O. The number of aromatic amines is 1. The molecule has 0 atom stereocenters. The van der Waals surface area contributed by atoms with Crippen LogP contribution < -0.4 is 5.32 Å². The van der Waals surface area contributed by atoms with E-state index in [1.807, 2.05) is 49.4 Å². The summed E-state index contributed by atoms with van der Waals surface area (Å²) in [7, 11) is 0. The average Bonchev–Trinajstić information content (AvgIpc) is 2.89. The van der Waals surface area contributed by atoms with Gasteiger partial charge in [0.1, 0.15) is 0 Å². The van der Waals surface area contributed by atoms with Crippen LogP contribution in [-0.2, 0) is 6.54 Å². The highest BCUT2D eigenvalue weighted by atomic mass is 16.1. The molecule has 1 heterocycles. The van der Waals surface area contributed by atoms with Gasteiger partial charge in [0, 0.05) is 23.6 Å². The fourth-order valence-corrected chi connectivity index (χ4v) is 2.36. The summed E-state index contributed by atoms with van der Waals surface area (Å²) in [5.74, 6) is -0.0519. The molecule has 0 aliphatic heterocycles. The first-order valence-corrected chi connectivity index (χ1v) is 6.64. The van der Waals surface area contributed by atoms with E-state index in [2.05, 4.69) is 16.4 Å². The SMILES string of the molecule is Cc1cccc(CNC(=O)c2c[nH]c3ccccc23)c1. The molecule has 0 radical (unpaired) electrons. The second kappa shape index (κ2) is 5.21. The summed E-state index contributed by atoms with van der Waals surface area (Å²) >= 11 is 0. The van der Waals surface area contributed by atoms with Crippen LogP contribution in [-0.4, -0.2) is 10.9 Å². The van der Waals surface area contributed by atoms with Gasteiger partial charge in [-0.3, -0.25) is 4.79 Å². The van der Waals surface area contributed by atoms with Crippen LogP contribution in [0.2, 0.25) is 0 Å². The topological polar surface area (TPSA) is 44.9 Å². The monoisotopic (exact) mass is 264 g/mol. The van der Waals surface area contributed by atoms with Crippen LogP contribution in [0.15, 0.2) is 54.7 Å². The molecular weight excluding hydrogens is 248 g/mol. The van der Waals surface area contributed by atoms with Gasteiger partial charge in [-0.25, -0.2) is 0 Å². The minimum Gasteiger partial charge on any atom is -0.360 e. The highest BCUT2D eigenvalue weighted by Crippen LogP contribution is 2.17. The summed E-state index contributed by atoms with van der Waals surface area (Å²) in [5, 5.41) is 3.91. The molecule has 0 aliphatic carbocycles. The fourth-order valence-electron chi connectivity index (χ4n) is 2.36. The number of nitrogens with one attached hydrogen (secondary N) is 2. The smallest absolute Gasteiger partial charge is 0.253 e. The van der Waals surface area contributed by atoms with Crippen molar-refractivity contribution in [3.63, 3.8) is 0 Å². The van der Waals surface area contributed by atoms with Crippen molar-refractivity contribution in [2.45, 2.75) is 13.5 Å². The van der Waals surface area contributed by atoms with Gasteiger partial charge in [-0.05, 0) is 18.6 Å². The van der Waals surface area contributed by atoms with Crippen molar-refractivity contribution >= 4 is 16.8 Å². The van der Waals surface area contributed by atoms with E-state index in [0.29, 0.717) is 12.1 Å². The van der Waals surface area contributed by atoms with E-state index in [1.165, 1.54) is 5.56 Å². The minimum absolute atomic E-state index is 0.0519. The van der Waals surface area contributed by atoms with E-state index in [0.717, 1.165) is 16.5 Å². The largest absolute Gasteiger partial charge is 0.360 e. The lowest BCUT2D eigenvalue weighted by Crippen LogP contribution is -2.22. The van der Waals surface area contributed by atoms with E-state index >= 15 is 0 Å². The van der Waals surface area contributed by atoms with Crippen LogP contribution in [0.1, 0.15) is 21.5 Å². The number of H-pyrrole nitrogens is 1. The number of aryl methyl sites for hydroxylation is 1. The Hall–Kier alpha value is -2.55. The Labute approximate surface area is 117 Å². The molecule has 1 amide bonds. The minimum atomic E-state index is -0.0519. The molecule has 100 valence electrons. The van der Waals surface area contributed by atoms with Gasteiger partial charge in [-0.1, -0.05) is 48.0 Å². The van der Waals surface area contributed by atoms with E-state index in [-0.39, 0.29) is 5.91 Å². The average molecular weight is 264 g/mol. The predicted octanol–water partition coefficient (Wildman–Crippen LogP) is 3.41. The third kappa shape index (κ3) is 2.43. The van der Waals surface area contributed by atoms with Crippen LogP contribution in [0.25, 0.3) is 10.9 Å². The molecule has 0 unspecified atom stereocenters. The number of amides is 1. The van der Waals surface area contributed by atoms with E-state index in [1.54, 1.807) is 6.20 Å². The highest BCUT2D eigenvalue weighted by Gasteiger charge is 2.10. The third-order valence-corrected chi connectivity index (χ3v) is 3.37. The highest BCUT2D eigenvalue weighted by molar-refractivity contribution is 6.06. The molecule has 2 aromatic carbocycles. The molecule has 3 heteroatoms. The number of hydrogen-bond donors (Lipinski definition) is 2. The zero-order chi connectivity index (χ0) is 13.9. The molecule has 2 N–H and O–H groups in total. The molecule has 0 saturated carbocycles. The number of hydrogen-bond acceptors (Lipinski definition) is 1. The first-order valence-electron chi connectivity index (χ1n) is 6.64. The van der Waals surface area contributed by atoms with E-state index in [9.17, 15) is 4.79 Å². The van der Waals surface area contributed by atoms with Gasteiger partial charge < -0.3 is 10.3 Å². The van der Waals surface area contributed by atoms with Crippen LogP contribution in [0.4, 0.5) is 0 Å². The lowest BCUT2D eigenvalue weighted by atomic mass is 10.1. The number of fused-ring (bicyclic) bond motifs is 1. The Balaban J connectivity index is 1.76. The number of benzene rings is 2. The van der Waals surface area contributed by atoms with Crippen LogP contribution >= 0.6 is 0 Å². The Kier molecular flexibility index (Phi) is 3.25. The molecule has 0 saturated heterocycles. The van der Waals surface area contributed by atoms with Gasteiger partial charge in [0.25, 0.3) is 5.91 Å². The quantitative estimate of drug-likeness (QED) is 0.748. The Morgan fingerprint density at radius 1 is 1.15 bits per heavy atom. The normalized spacial score (nSPS) is 10.7. The molecule has 0 spiro atoms. The molecule has 3 nitrogen and oxygen atoms in total. The van der Waals surface area contributed by atoms with Gasteiger partial charge in [0.15, 0.2) is 0 Å². The number of para-hydroxylation sites is 1. The summed E-state index contributed by atoms with van der Waals surface area (Å²) < 4.78 is 0. The maximum atomic E-state index is 12.2. The molecule has 1 aromatic heterocycles. The summed E-state index contributed by atoms with van der Waals surface area (Å²) in [5.41, 5.74) is 3.98. The van der Waals surface area contributed by atoms with Gasteiger partial charge in [-0.2, -0.15) is 0 Å². The Morgan fingerprint density at radius 3 is 2.85 bits per heavy atom. The summed E-state index contributed by atoms with van der Waals surface area (Å²) in [6, 6.07) is 16.0. The summed E-state index contributed by atoms with van der Waals surface area (Å²) in [6.07, 6.45) is 1.76.